The fourth-order valence-electron chi connectivity index (χ4n) is 3.18. The van der Waals surface area contributed by atoms with Gasteiger partial charge >= 0.3 is 0 Å². The maximum atomic E-state index is 12.9. The molecule has 0 aliphatic heterocycles. The summed E-state index contributed by atoms with van der Waals surface area (Å²) in [6, 6.07) is 16.0. The normalized spacial score (nSPS) is 12.4. The molecule has 0 spiro atoms. The summed E-state index contributed by atoms with van der Waals surface area (Å²) < 4.78 is 5.67. The van der Waals surface area contributed by atoms with E-state index >= 15 is 0 Å². The van der Waals surface area contributed by atoms with Crippen LogP contribution in [0.25, 0.3) is 10.8 Å². The van der Waals surface area contributed by atoms with Gasteiger partial charge in [0.25, 0.3) is 0 Å². The van der Waals surface area contributed by atoms with E-state index in [1.165, 1.54) is 0 Å². The second kappa shape index (κ2) is 8.89. The Bertz CT molecular complexity index is 921. The van der Waals surface area contributed by atoms with Crippen LogP contribution in [0, 0.1) is 0 Å². The highest BCUT2D eigenvalue weighted by atomic mass is 16.5. The van der Waals surface area contributed by atoms with Crippen LogP contribution in [-0.2, 0) is 22.6 Å². The molecule has 27 heavy (non-hydrogen) atoms. The van der Waals surface area contributed by atoms with Crippen molar-refractivity contribution >= 4 is 16.6 Å². The number of hydrogen-bond donors (Lipinski definition) is 1. The van der Waals surface area contributed by atoms with Crippen molar-refractivity contribution in [1.29, 1.82) is 0 Å². The van der Waals surface area contributed by atoms with Crippen molar-refractivity contribution in [2.24, 2.45) is 5.73 Å². The lowest BCUT2D eigenvalue weighted by Gasteiger charge is -2.16. The summed E-state index contributed by atoms with van der Waals surface area (Å²) in [5, 5.41) is 2.16. The number of Topliss-reactive ketones (excluding diaryl/α,β-unsaturated/α-hetero) is 1. The summed E-state index contributed by atoms with van der Waals surface area (Å²) in [5.41, 5.74) is 8.98. The number of carbonyl (C=O) groups excluding carboxylic acids is 1. The lowest BCUT2D eigenvalue weighted by Crippen LogP contribution is -2.23. The third-order valence-electron chi connectivity index (χ3n) is 4.64. The van der Waals surface area contributed by atoms with Gasteiger partial charge in [0.1, 0.15) is 5.78 Å². The van der Waals surface area contributed by atoms with Crippen molar-refractivity contribution < 1.29 is 9.53 Å². The van der Waals surface area contributed by atoms with Crippen LogP contribution in [0.5, 0.6) is 0 Å². The Labute approximate surface area is 160 Å². The van der Waals surface area contributed by atoms with E-state index in [-0.39, 0.29) is 17.8 Å². The van der Waals surface area contributed by atoms with E-state index in [1.807, 2.05) is 62.5 Å². The molecule has 1 atom stereocenters. The molecule has 3 aromatic rings. The van der Waals surface area contributed by atoms with E-state index in [9.17, 15) is 4.79 Å². The van der Waals surface area contributed by atoms with E-state index in [4.69, 9.17) is 10.5 Å². The molecule has 4 heteroatoms. The van der Waals surface area contributed by atoms with Crippen LogP contribution in [0.15, 0.2) is 60.9 Å². The summed E-state index contributed by atoms with van der Waals surface area (Å²) in [6.45, 7) is 4.85. The van der Waals surface area contributed by atoms with Gasteiger partial charge < -0.3 is 10.5 Å². The fraction of sp³-hybridized carbons (Fsp3) is 0.304. The first-order valence-electron chi connectivity index (χ1n) is 9.32. The first-order chi connectivity index (χ1) is 13.1. The van der Waals surface area contributed by atoms with Crippen LogP contribution in [0.2, 0.25) is 0 Å². The van der Waals surface area contributed by atoms with Gasteiger partial charge in [-0.1, -0.05) is 42.5 Å². The van der Waals surface area contributed by atoms with Gasteiger partial charge in [0, 0.05) is 30.7 Å². The van der Waals surface area contributed by atoms with Gasteiger partial charge in [-0.3, -0.25) is 9.78 Å². The summed E-state index contributed by atoms with van der Waals surface area (Å²) in [5.74, 6) is -0.176. The Morgan fingerprint density at radius 2 is 1.93 bits per heavy atom. The van der Waals surface area contributed by atoms with Gasteiger partial charge in [0.05, 0.1) is 18.6 Å². The average Bonchev–Trinajstić information content (AvgIpc) is 2.67. The fourth-order valence-corrected chi connectivity index (χ4v) is 3.18. The number of nitrogens with two attached hydrogens (primary N) is 1. The van der Waals surface area contributed by atoms with E-state index in [2.05, 4.69) is 11.1 Å². The molecule has 3 rings (SSSR count). The quantitative estimate of drug-likeness (QED) is 0.657. The number of benzene rings is 2. The van der Waals surface area contributed by atoms with Crippen LogP contribution < -0.4 is 5.73 Å². The molecule has 0 saturated carbocycles. The molecule has 1 unspecified atom stereocenters. The molecule has 0 aliphatic carbocycles. The number of ether oxygens (including phenoxy) is 1. The Balaban J connectivity index is 1.76. The van der Waals surface area contributed by atoms with Crippen molar-refractivity contribution in [2.45, 2.75) is 38.9 Å². The molecular formula is C23H26N2O2. The molecule has 0 saturated heterocycles. The third-order valence-corrected chi connectivity index (χ3v) is 4.64. The Kier molecular flexibility index (Phi) is 6.32. The summed E-state index contributed by atoms with van der Waals surface area (Å²) >= 11 is 0. The molecule has 0 bridgehead atoms. The molecule has 0 fully saturated rings. The highest BCUT2D eigenvalue weighted by molar-refractivity contribution is 5.89. The van der Waals surface area contributed by atoms with E-state index in [0.717, 1.165) is 27.5 Å². The van der Waals surface area contributed by atoms with Crippen LogP contribution >= 0.6 is 0 Å². The lowest BCUT2D eigenvalue weighted by molar-refractivity contribution is -0.119. The second-order valence-electron chi connectivity index (χ2n) is 7.09. The predicted molar refractivity (Wildman–Crippen MR) is 109 cm³/mol. The zero-order valence-corrected chi connectivity index (χ0v) is 15.9. The van der Waals surface area contributed by atoms with Crippen LogP contribution in [0.1, 0.15) is 36.5 Å². The molecule has 0 aliphatic rings. The van der Waals surface area contributed by atoms with Crippen molar-refractivity contribution in [1.82, 2.24) is 4.98 Å². The number of ketones is 1. The molecule has 140 valence electrons. The third kappa shape index (κ3) is 5.00. The zero-order chi connectivity index (χ0) is 19.2. The minimum absolute atomic E-state index is 0.132. The standard InChI is InChI=1S/C23H26N2O2/c1-16(2)27-15-18-4-3-5-20(11-18)22(13-24)23(26)12-17-6-7-21-14-25-9-8-19(21)10-17/h3-11,14,16,22H,12-13,15,24H2,1-2H3. The number of hydrogen-bond acceptors (Lipinski definition) is 4. The highest BCUT2D eigenvalue weighted by Crippen LogP contribution is 2.22. The minimum Gasteiger partial charge on any atom is -0.374 e. The minimum atomic E-state index is -0.308. The predicted octanol–water partition coefficient (Wildman–Crippen LogP) is 4.01. The maximum absolute atomic E-state index is 12.9. The van der Waals surface area contributed by atoms with Crippen LogP contribution in [0.3, 0.4) is 0 Å². The summed E-state index contributed by atoms with van der Waals surface area (Å²) in [7, 11) is 0. The molecule has 0 radical (unpaired) electrons. The largest absolute Gasteiger partial charge is 0.374 e. The van der Waals surface area contributed by atoms with E-state index in [1.54, 1.807) is 6.20 Å². The van der Waals surface area contributed by atoms with Gasteiger partial charge in [0.15, 0.2) is 0 Å². The lowest BCUT2D eigenvalue weighted by atomic mass is 9.90. The van der Waals surface area contributed by atoms with Crippen molar-refractivity contribution in [3.05, 3.63) is 77.6 Å². The maximum Gasteiger partial charge on any atom is 0.145 e. The second-order valence-corrected chi connectivity index (χ2v) is 7.09. The van der Waals surface area contributed by atoms with Gasteiger partial charge in [-0.05, 0) is 42.0 Å². The van der Waals surface area contributed by atoms with Gasteiger partial charge in [-0.15, -0.1) is 0 Å². The number of fused-ring (bicyclic) bond motifs is 1. The summed E-state index contributed by atoms with van der Waals surface area (Å²) in [4.78, 5) is 17.1. The number of aromatic nitrogens is 1. The van der Waals surface area contributed by atoms with Crippen molar-refractivity contribution in [3.63, 3.8) is 0 Å². The first kappa shape index (κ1) is 19.2. The Hall–Kier alpha value is -2.56. The smallest absolute Gasteiger partial charge is 0.145 e. The SMILES string of the molecule is CC(C)OCc1cccc(C(CN)C(=O)Cc2ccc3cnccc3c2)c1. The monoisotopic (exact) mass is 362 g/mol. The summed E-state index contributed by atoms with van der Waals surface area (Å²) in [6.07, 6.45) is 4.13. The molecule has 2 N–H and O–H groups in total. The topological polar surface area (TPSA) is 65.2 Å². The van der Waals surface area contributed by atoms with E-state index in [0.29, 0.717) is 19.6 Å². The Morgan fingerprint density at radius 3 is 2.70 bits per heavy atom. The molecule has 1 aromatic heterocycles. The molecule has 4 nitrogen and oxygen atoms in total. The van der Waals surface area contributed by atoms with E-state index < -0.39 is 0 Å². The molecule has 2 aromatic carbocycles. The first-order valence-corrected chi connectivity index (χ1v) is 9.32. The molecule has 0 amide bonds. The van der Waals surface area contributed by atoms with Crippen molar-refractivity contribution in [3.8, 4) is 0 Å². The number of rotatable bonds is 8. The van der Waals surface area contributed by atoms with Gasteiger partial charge in [0.2, 0.25) is 0 Å². The Morgan fingerprint density at radius 1 is 1.07 bits per heavy atom. The average molecular weight is 362 g/mol. The van der Waals surface area contributed by atoms with Crippen LogP contribution in [0.4, 0.5) is 0 Å². The molecular weight excluding hydrogens is 336 g/mol. The van der Waals surface area contributed by atoms with Gasteiger partial charge in [-0.2, -0.15) is 0 Å². The number of pyridine rings is 1. The number of carbonyl (C=O) groups is 1. The van der Waals surface area contributed by atoms with Crippen LogP contribution in [-0.4, -0.2) is 23.4 Å². The van der Waals surface area contributed by atoms with Gasteiger partial charge in [-0.25, -0.2) is 0 Å². The highest BCUT2D eigenvalue weighted by Gasteiger charge is 2.19. The zero-order valence-electron chi connectivity index (χ0n) is 15.9. The number of nitrogens with zero attached hydrogens (tertiary/aromatic N) is 1. The van der Waals surface area contributed by atoms with Crippen molar-refractivity contribution in [2.75, 3.05) is 6.54 Å². The molecule has 1 heterocycles.